The molecule has 0 spiro atoms. The topological polar surface area (TPSA) is 50.8 Å². The Morgan fingerprint density at radius 2 is 2.17 bits per heavy atom. The van der Waals surface area contributed by atoms with Crippen molar-refractivity contribution < 1.29 is 4.74 Å². The molecule has 0 atom stereocenters. The molecular formula is C14H15N3O. The molecule has 1 saturated heterocycles. The molecule has 2 heterocycles. The molecule has 1 fully saturated rings. The zero-order chi connectivity index (χ0) is 12.5. The Kier molecular flexibility index (Phi) is 2.77. The summed E-state index contributed by atoms with van der Waals surface area (Å²) in [4.78, 5) is 4.69. The summed E-state index contributed by atoms with van der Waals surface area (Å²) in [6, 6.07) is 7.97. The Morgan fingerprint density at radius 3 is 2.89 bits per heavy atom. The summed E-state index contributed by atoms with van der Waals surface area (Å²) >= 11 is 0. The number of aryl methyl sites for hydroxylation is 1. The maximum atomic E-state index is 9.13. The van der Waals surface area contributed by atoms with Crippen LogP contribution in [0.3, 0.4) is 0 Å². The summed E-state index contributed by atoms with van der Waals surface area (Å²) in [5.41, 5.74) is 2.51. The lowest BCUT2D eigenvalue weighted by Crippen LogP contribution is -2.17. The molecular weight excluding hydrogens is 226 g/mol. The molecule has 3 rings (SSSR count). The van der Waals surface area contributed by atoms with Gasteiger partial charge in [-0.1, -0.05) is 6.07 Å². The zero-order valence-corrected chi connectivity index (χ0v) is 10.4. The standard InChI is InChI=1S/C14H15N3O/c1-17-12-4-2-3-11(9-15)13(12)16-14(17)10-5-7-18-8-6-10/h2-4,10H,5-8H2,1H3. The molecule has 0 N–H and O–H groups in total. The van der Waals surface area contributed by atoms with E-state index >= 15 is 0 Å². The van der Waals surface area contributed by atoms with Crippen LogP contribution in [-0.4, -0.2) is 22.8 Å². The fourth-order valence-electron chi connectivity index (χ4n) is 2.64. The minimum atomic E-state index is 0.447. The van der Waals surface area contributed by atoms with E-state index < -0.39 is 0 Å². The maximum absolute atomic E-state index is 9.13. The van der Waals surface area contributed by atoms with Crippen molar-refractivity contribution in [2.45, 2.75) is 18.8 Å². The third-order valence-electron chi connectivity index (χ3n) is 3.65. The molecule has 0 aliphatic carbocycles. The Balaban J connectivity index is 2.13. The van der Waals surface area contributed by atoms with Gasteiger partial charge in [0.15, 0.2) is 0 Å². The molecule has 0 bridgehead atoms. The Morgan fingerprint density at radius 1 is 1.39 bits per heavy atom. The van der Waals surface area contributed by atoms with Gasteiger partial charge in [-0.25, -0.2) is 4.98 Å². The average Bonchev–Trinajstić information content (AvgIpc) is 2.77. The van der Waals surface area contributed by atoms with Crippen LogP contribution in [-0.2, 0) is 11.8 Å². The number of benzene rings is 1. The highest BCUT2D eigenvalue weighted by atomic mass is 16.5. The molecule has 0 saturated carbocycles. The van der Waals surface area contributed by atoms with E-state index in [2.05, 4.69) is 10.6 Å². The lowest BCUT2D eigenvalue weighted by molar-refractivity contribution is 0.0831. The summed E-state index contributed by atoms with van der Waals surface area (Å²) in [7, 11) is 2.03. The number of para-hydroxylation sites is 1. The van der Waals surface area contributed by atoms with E-state index in [-0.39, 0.29) is 0 Å². The summed E-state index contributed by atoms with van der Waals surface area (Å²) in [6.07, 6.45) is 2.03. The van der Waals surface area contributed by atoms with Crippen LogP contribution in [0.15, 0.2) is 18.2 Å². The van der Waals surface area contributed by atoms with Gasteiger partial charge in [-0.15, -0.1) is 0 Å². The molecule has 0 radical (unpaired) electrons. The van der Waals surface area contributed by atoms with Crippen LogP contribution in [0.5, 0.6) is 0 Å². The average molecular weight is 241 g/mol. The van der Waals surface area contributed by atoms with Crippen molar-refractivity contribution in [3.8, 4) is 6.07 Å². The van der Waals surface area contributed by atoms with Gasteiger partial charge >= 0.3 is 0 Å². The van der Waals surface area contributed by atoms with E-state index in [0.29, 0.717) is 11.5 Å². The Hall–Kier alpha value is -1.86. The fraction of sp³-hybridized carbons (Fsp3) is 0.429. The number of nitrogens with zero attached hydrogens (tertiary/aromatic N) is 3. The minimum absolute atomic E-state index is 0.447. The highest BCUT2D eigenvalue weighted by Crippen LogP contribution is 2.29. The van der Waals surface area contributed by atoms with Gasteiger partial charge in [-0.2, -0.15) is 5.26 Å². The van der Waals surface area contributed by atoms with Crippen molar-refractivity contribution in [1.82, 2.24) is 9.55 Å². The molecule has 2 aromatic rings. The zero-order valence-electron chi connectivity index (χ0n) is 10.4. The quantitative estimate of drug-likeness (QED) is 0.770. The first kappa shape index (κ1) is 11.2. The van der Waals surface area contributed by atoms with E-state index in [1.54, 1.807) is 0 Å². The van der Waals surface area contributed by atoms with Gasteiger partial charge in [-0.3, -0.25) is 0 Å². The SMILES string of the molecule is Cn1c(C2CCOCC2)nc2c(C#N)cccc21. The van der Waals surface area contributed by atoms with Crippen LogP contribution in [0.25, 0.3) is 11.0 Å². The molecule has 1 aromatic heterocycles. The lowest BCUT2D eigenvalue weighted by Gasteiger charge is -2.21. The number of ether oxygens (including phenoxy) is 1. The van der Waals surface area contributed by atoms with Crippen LogP contribution in [0.4, 0.5) is 0 Å². The monoisotopic (exact) mass is 241 g/mol. The third-order valence-corrected chi connectivity index (χ3v) is 3.65. The van der Waals surface area contributed by atoms with Gasteiger partial charge in [0.1, 0.15) is 17.4 Å². The molecule has 18 heavy (non-hydrogen) atoms. The van der Waals surface area contributed by atoms with Gasteiger partial charge < -0.3 is 9.30 Å². The summed E-state index contributed by atoms with van der Waals surface area (Å²) < 4.78 is 7.51. The predicted molar refractivity (Wildman–Crippen MR) is 68.2 cm³/mol. The second-order valence-corrected chi connectivity index (χ2v) is 4.70. The Bertz CT molecular complexity index is 618. The van der Waals surface area contributed by atoms with E-state index in [0.717, 1.165) is 42.9 Å². The van der Waals surface area contributed by atoms with Crippen molar-refractivity contribution >= 4 is 11.0 Å². The van der Waals surface area contributed by atoms with Crippen molar-refractivity contribution in [3.05, 3.63) is 29.6 Å². The number of nitriles is 1. The number of hydrogen-bond acceptors (Lipinski definition) is 3. The summed E-state index contributed by atoms with van der Waals surface area (Å²) in [5.74, 6) is 1.53. The maximum Gasteiger partial charge on any atom is 0.112 e. The van der Waals surface area contributed by atoms with Gasteiger partial charge in [0.2, 0.25) is 0 Å². The van der Waals surface area contributed by atoms with Gasteiger partial charge in [0.05, 0.1) is 11.1 Å². The first-order valence-corrected chi connectivity index (χ1v) is 6.24. The summed E-state index contributed by atoms with van der Waals surface area (Å²) in [5, 5.41) is 9.13. The molecule has 4 heteroatoms. The van der Waals surface area contributed by atoms with Crippen LogP contribution in [0.2, 0.25) is 0 Å². The highest BCUT2D eigenvalue weighted by Gasteiger charge is 2.22. The van der Waals surface area contributed by atoms with Crippen molar-refractivity contribution in [2.24, 2.45) is 7.05 Å². The fourth-order valence-corrected chi connectivity index (χ4v) is 2.64. The van der Waals surface area contributed by atoms with Crippen LogP contribution < -0.4 is 0 Å². The van der Waals surface area contributed by atoms with Crippen molar-refractivity contribution in [1.29, 1.82) is 5.26 Å². The minimum Gasteiger partial charge on any atom is -0.381 e. The highest BCUT2D eigenvalue weighted by molar-refractivity contribution is 5.82. The third kappa shape index (κ3) is 1.68. The van der Waals surface area contributed by atoms with Crippen LogP contribution in [0, 0.1) is 11.3 Å². The normalized spacial score (nSPS) is 16.9. The predicted octanol–water partition coefficient (Wildman–Crippen LogP) is 2.34. The number of hydrogen-bond donors (Lipinski definition) is 0. The first-order valence-electron chi connectivity index (χ1n) is 6.24. The first-order chi connectivity index (χ1) is 8.81. The number of aromatic nitrogens is 2. The number of fused-ring (bicyclic) bond motifs is 1. The van der Waals surface area contributed by atoms with E-state index in [1.807, 2.05) is 25.2 Å². The molecule has 1 aromatic carbocycles. The van der Waals surface area contributed by atoms with E-state index in [9.17, 15) is 0 Å². The molecule has 1 aliphatic rings. The second-order valence-electron chi connectivity index (χ2n) is 4.70. The molecule has 92 valence electrons. The lowest BCUT2D eigenvalue weighted by atomic mass is 9.99. The molecule has 0 amide bonds. The van der Waals surface area contributed by atoms with Crippen molar-refractivity contribution in [3.63, 3.8) is 0 Å². The molecule has 4 nitrogen and oxygen atoms in total. The molecule has 1 aliphatic heterocycles. The van der Waals surface area contributed by atoms with Crippen molar-refractivity contribution in [2.75, 3.05) is 13.2 Å². The largest absolute Gasteiger partial charge is 0.381 e. The van der Waals surface area contributed by atoms with Crippen LogP contribution in [0.1, 0.15) is 30.1 Å². The second kappa shape index (κ2) is 4.43. The smallest absolute Gasteiger partial charge is 0.112 e. The van der Waals surface area contributed by atoms with Gasteiger partial charge in [0, 0.05) is 26.2 Å². The summed E-state index contributed by atoms with van der Waals surface area (Å²) in [6.45, 7) is 1.61. The Labute approximate surface area is 106 Å². The molecule has 0 unspecified atom stereocenters. The van der Waals surface area contributed by atoms with Crippen LogP contribution >= 0.6 is 0 Å². The van der Waals surface area contributed by atoms with Gasteiger partial charge in [-0.05, 0) is 25.0 Å². The van der Waals surface area contributed by atoms with E-state index in [4.69, 9.17) is 15.0 Å². The number of imidazole rings is 1. The van der Waals surface area contributed by atoms with Gasteiger partial charge in [0.25, 0.3) is 0 Å². The number of rotatable bonds is 1. The van der Waals surface area contributed by atoms with E-state index in [1.165, 1.54) is 0 Å².